The number of rotatable bonds is 5. The number of hydrogen-bond acceptors (Lipinski definition) is 4. The van der Waals surface area contributed by atoms with Crippen LogP contribution in [0.15, 0.2) is 24.3 Å². The number of nitriles is 1. The molecule has 1 amide bonds. The molecule has 1 aromatic rings. The van der Waals surface area contributed by atoms with Gasteiger partial charge in [0, 0.05) is 13.1 Å². The summed E-state index contributed by atoms with van der Waals surface area (Å²) >= 11 is 0. The first-order valence-corrected chi connectivity index (χ1v) is 9.65. The zero-order valence-corrected chi connectivity index (χ0v) is 15.9. The van der Waals surface area contributed by atoms with E-state index in [2.05, 4.69) is 23.1 Å². The minimum atomic E-state index is -0.606. The first kappa shape index (κ1) is 18.7. The Morgan fingerprint density at radius 2 is 1.96 bits per heavy atom. The lowest BCUT2D eigenvalue weighted by Gasteiger charge is -2.40. The van der Waals surface area contributed by atoms with Crippen LogP contribution >= 0.6 is 0 Å². The smallest absolute Gasteiger partial charge is 0.237 e. The van der Waals surface area contributed by atoms with E-state index < -0.39 is 5.54 Å². The summed E-state index contributed by atoms with van der Waals surface area (Å²) in [6, 6.07) is 10.9. The maximum Gasteiger partial charge on any atom is 0.237 e. The Hall–Kier alpha value is -2.06. The van der Waals surface area contributed by atoms with Crippen molar-refractivity contribution < 1.29 is 9.53 Å². The molecule has 26 heavy (non-hydrogen) atoms. The lowest BCUT2D eigenvalue weighted by molar-refractivity contribution is -0.136. The molecule has 1 aliphatic carbocycles. The van der Waals surface area contributed by atoms with Crippen molar-refractivity contribution in [3.63, 3.8) is 0 Å². The van der Waals surface area contributed by atoms with Gasteiger partial charge in [0.15, 0.2) is 0 Å². The number of hydrogen-bond donors (Lipinski definition) is 0. The highest BCUT2D eigenvalue weighted by atomic mass is 16.5. The largest absolute Gasteiger partial charge is 0.497 e. The van der Waals surface area contributed by atoms with Crippen LogP contribution in [0.5, 0.6) is 5.75 Å². The molecular formula is C21H29N3O2. The molecule has 0 bridgehead atoms. The number of ether oxygens (including phenoxy) is 1. The van der Waals surface area contributed by atoms with Crippen molar-refractivity contribution in [2.75, 3.05) is 27.2 Å². The molecule has 5 heteroatoms. The van der Waals surface area contributed by atoms with E-state index in [-0.39, 0.29) is 11.9 Å². The molecule has 1 aromatic carbocycles. The van der Waals surface area contributed by atoms with E-state index in [0.29, 0.717) is 6.54 Å². The highest BCUT2D eigenvalue weighted by Crippen LogP contribution is 2.35. The highest BCUT2D eigenvalue weighted by Gasteiger charge is 2.40. The first-order chi connectivity index (χ1) is 12.6. The van der Waals surface area contributed by atoms with Gasteiger partial charge in [-0.1, -0.05) is 31.4 Å². The molecule has 0 aromatic heterocycles. The van der Waals surface area contributed by atoms with Gasteiger partial charge in [-0.2, -0.15) is 5.26 Å². The molecule has 5 nitrogen and oxygen atoms in total. The van der Waals surface area contributed by atoms with Crippen molar-refractivity contribution in [2.45, 2.75) is 56.5 Å². The molecule has 2 fully saturated rings. The van der Waals surface area contributed by atoms with Crippen LogP contribution in [0.2, 0.25) is 0 Å². The normalized spacial score (nSPS) is 22.6. The van der Waals surface area contributed by atoms with Crippen LogP contribution in [0.4, 0.5) is 0 Å². The maximum atomic E-state index is 13.0. The number of carbonyl (C=O) groups is 1. The summed E-state index contributed by atoms with van der Waals surface area (Å²) in [4.78, 5) is 16.9. The number of amides is 1. The third kappa shape index (κ3) is 3.71. The van der Waals surface area contributed by atoms with Gasteiger partial charge in [-0.25, -0.2) is 0 Å². The van der Waals surface area contributed by atoms with Crippen LogP contribution in [-0.4, -0.2) is 48.5 Å². The van der Waals surface area contributed by atoms with E-state index in [9.17, 15) is 10.1 Å². The third-order valence-corrected chi connectivity index (χ3v) is 6.11. The summed E-state index contributed by atoms with van der Waals surface area (Å²) in [7, 11) is 3.48. The van der Waals surface area contributed by atoms with Crippen molar-refractivity contribution in [2.24, 2.45) is 0 Å². The summed E-state index contributed by atoms with van der Waals surface area (Å²) in [5.41, 5.74) is 0.622. The van der Waals surface area contributed by atoms with E-state index >= 15 is 0 Å². The molecule has 0 N–H and O–H groups in total. The molecule has 1 saturated heterocycles. The van der Waals surface area contributed by atoms with Crippen LogP contribution < -0.4 is 4.74 Å². The van der Waals surface area contributed by atoms with Crippen molar-refractivity contribution in [1.29, 1.82) is 5.26 Å². The Morgan fingerprint density at radius 3 is 2.58 bits per heavy atom. The zero-order valence-electron chi connectivity index (χ0n) is 15.9. The van der Waals surface area contributed by atoms with E-state index in [0.717, 1.165) is 57.2 Å². The number of methoxy groups -OCH3 is 1. The molecule has 0 spiro atoms. The molecule has 2 aliphatic rings. The SMILES string of the molecule is COc1ccc(C2CCCN2CC(=O)N(C)C2(C#N)CCCCC2)cc1. The van der Waals surface area contributed by atoms with Gasteiger partial charge in [-0.3, -0.25) is 9.69 Å². The Kier molecular flexibility index (Phi) is 5.83. The Bertz CT molecular complexity index is 659. The van der Waals surface area contributed by atoms with Gasteiger partial charge in [0.05, 0.1) is 19.7 Å². The quantitative estimate of drug-likeness (QED) is 0.811. The maximum absolute atomic E-state index is 13.0. The van der Waals surface area contributed by atoms with Gasteiger partial charge in [0.1, 0.15) is 11.3 Å². The average molecular weight is 355 g/mol. The fourth-order valence-electron chi connectivity index (χ4n) is 4.40. The summed E-state index contributed by atoms with van der Waals surface area (Å²) < 4.78 is 5.24. The number of nitrogens with zero attached hydrogens (tertiary/aromatic N) is 3. The second kappa shape index (κ2) is 8.09. The predicted octanol–water partition coefficient (Wildman–Crippen LogP) is 3.52. The second-order valence-electron chi connectivity index (χ2n) is 7.56. The summed E-state index contributed by atoms with van der Waals surface area (Å²) in [6.07, 6.45) is 6.98. The monoisotopic (exact) mass is 355 g/mol. The summed E-state index contributed by atoms with van der Waals surface area (Å²) in [6.45, 7) is 1.31. The van der Waals surface area contributed by atoms with Crippen LogP contribution in [-0.2, 0) is 4.79 Å². The van der Waals surface area contributed by atoms with Crippen molar-refractivity contribution in [3.05, 3.63) is 29.8 Å². The van der Waals surface area contributed by atoms with E-state index in [1.165, 1.54) is 5.56 Å². The van der Waals surface area contributed by atoms with Gasteiger partial charge in [0.25, 0.3) is 0 Å². The molecule has 1 aliphatic heterocycles. The summed E-state index contributed by atoms with van der Waals surface area (Å²) in [5, 5.41) is 9.73. The predicted molar refractivity (Wildman–Crippen MR) is 101 cm³/mol. The number of benzene rings is 1. The third-order valence-electron chi connectivity index (χ3n) is 6.11. The first-order valence-electron chi connectivity index (χ1n) is 9.65. The molecule has 140 valence electrons. The second-order valence-corrected chi connectivity index (χ2v) is 7.56. The van der Waals surface area contributed by atoms with Crippen LogP contribution in [0, 0.1) is 11.3 Å². The minimum Gasteiger partial charge on any atom is -0.497 e. The standard InChI is InChI=1S/C21H29N3O2/c1-23(21(16-22)12-4-3-5-13-21)20(25)15-24-14-6-7-19(24)17-8-10-18(26-2)11-9-17/h8-11,19H,3-7,12-15H2,1-2H3. The molecule has 1 saturated carbocycles. The van der Waals surface area contributed by atoms with Gasteiger partial charge in [-0.15, -0.1) is 0 Å². The van der Waals surface area contributed by atoms with Crippen molar-refractivity contribution in [3.8, 4) is 11.8 Å². The van der Waals surface area contributed by atoms with Crippen LogP contribution in [0.1, 0.15) is 56.6 Å². The number of likely N-dealkylation sites (N-methyl/N-ethyl adjacent to an activating group) is 1. The van der Waals surface area contributed by atoms with Gasteiger partial charge >= 0.3 is 0 Å². The Balaban J connectivity index is 1.68. The average Bonchev–Trinajstić information content (AvgIpc) is 3.16. The Labute approximate surface area is 156 Å². The van der Waals surface area contributed by atoms with E-state index in [4.69, 9.17) is 4.74 Å². The lowest BCUT2D eigenvalue weighted by Crippen LogP contribution is -2.52. The minimum absolute atomic E-state index is 0.0638. The van der Waals surface area contributed by atoms with Crippen molar-refractivity contribution in [1.82, 2.24) is 9.80 Å². The number of carbonyl (C=O) groups excluding carboxylic acids is 1. The number of likely N-dealkylation sites (tertiary alicyclic amines) is 1. The van der Waals surface area contributed by atoms with Crippen molar-refractivity contribution >= 4 is 5.91 Å². The summed E-state index contributed by atoms with van der Waals surface area (Å²) in [5.74, 6) is 0.913. The van der Waals surface area contributed by atoms with E-state index in [1.54, 1.807) is 12.0 Å². The highest BCUT2D eigenvalue weighted by molar-refractivity contribution is 5.79. The van der Waals surface area contributed by atoms with Crippen LogP contribution in [0.3, 0.4) is 0 Å². The van der Waals surface area contributed by atoms with E-state index in [1.807, 2.05) is 19.2 Å². The molecular weight excluding hydrogens is 326 g/mol. The van der Waals surface area contributed by atoms with Gasteiger partial charge < -0.3 is 9.64 Å². The van der Waals surface area contributed by atoms with Gasteiger partial charge in [-0.05, 0) is 49.9 Å². The van der Waals surface area contributed by atoms with Gasteiger partial charge in [0.2, 0.25) is 5.91 Å². The zero-order chi connectivity index (χ0) is 18.6. The fourth-order valence-corrected chi connectivity index (χ4v) is 4.40. The fraction of sp³-hybridized carbons (Fsp3) is 0.619. The van der Waals surface area contributed by atoms with Crippen LogP contribution in [0.25, 0.3) is 0 Å². The molecule has 0 radical (unpaired) electrons. The Morgan fingerprint density at radius 1 is 1.27 bits per heavy atom. The molecule has 3 rings (SSSR count). The lowest BCUT2D eigenvalue weighted by atomic mass is 9.81. The molecule has 1 heterocycles. The molecule has 1 unspecified atom stereocenters. The topological polar surface area (TPSA) is 56.6 Å². The molecule has 1 atom stereocenters.